The fourth-order valence-corrected chi connectivity index (χ4v) is 3.11. The second-order valence-electron chi connectivity index (χ2n) is 4.67. The number of aromatic nitrogens is 2. The molecule has 1 saturated carbocycles. The van der Waals surface area contributed by atoms with Gasteiger partial charge in [0.1, 0.15) is 0 Å². The molecule has 0 aliphatic heterocycles. The third-order valence-corrected chi connectivity index (χ3v) is 3.97. The van der Waals surface area contributed by atoms with Gasteiger partial charge in [-0.05, 0) is 43.6 Å². The lowest BCUT2D eigenvalue weighted by Gasteiger charge is -2.22. The molecule has 0 bridgehead atoms. The molecule has 2 rings (SSSR count). The minimum atomic E-state index is 0.0123. The van der Waals surface area contributed by atoms with Crippen LogP contribution in [0.2, 0.25) is 0 Å². The molecule has 2 N–H and O–H groups in total. The summed E-state index contributed by atoms with van der Waals surface area (Å²) >= 11 is 1.50. The van der Waals surface area contributed by atoms with E-state index in [1.54, 1.807) is 0 Å². The first-order valence-corrected chi connectivity index (χ1v) is 5.93. The van der Waals surface area contributed by atoms with Crippen molar-refractivity contribution in [2.75, 3.05) is 0 Å². The van der Waals surface area contributed by atoms with Crippen molar-refractivity contribution in [1.82, 2.24) is 9.59 Å². The molecule has 0 amide bonds. The predicted octanol–water partition coefficient (Wildman–Crippen LogP) is 1.91. The maximum Gasteiger partial charge on any atom is 0.0757 e. The second kappa shape index (κ2) is 3.59. The van der Waals surface area contributed by atoms with Gasteiger partial charge < -0.3 is 5.73 Å². The number of nitrogens with zero attached hydrogens (tertiary/aromatic N) is 2. The summed E-state index contributed by atoms with van der Waals surface area (Å²) in [4.78, 5) is 1.27. The van der Waals surface area contributed by atoms with Gasteiger partial charge in [-0.1, -0.05) is 11.4 Å². The van der Waals surface area contributed by atoms with E-state index in [-0.39, 0.29) is 5.54 Å². The average Bonchev–Trinajstić information content (AvgIpc) is 2.62. The van der Waals surface area contributed by atoms with Crippen LogP contribution in [0.3, 0.4) is 0 Å². The molecule has 14 heavy (non-hydrogen) atoms. The standard InChI is InChI=1S/C10H17N3S/c1-7-3-4-10(11,5-7)6-9-8(2)12-13-14-9/h7H,3-6,11H2,1-2H3. The normalized spacial score (nSPS) is 32.4. The fourth-order valence-electron chi connectivity index (χ4n) is 2.33. The molecule has 0 saturated heterocycles. The van der Waals surface area contributed by atoms with E-state index in [4.69, 9.17) is 5.73 Å². The smallest absolute Gasteiger partial charge is 0.0757 e. The molecule has 1 aliphatic carbocycles. The molecule has 2 unspecified atom stereocenters. The Morgan fingerprint density at radius 1 is 1.64 bits per heavy atom. The topological polar surface area (TPSA) is 51.8 Å². The van der Waals surface area contributed by atoms with Crippen molar-refractivity contribution < 1.29 is 0 Å². The summed E-state index contributed by atoms with van der Waals surface area (Å²) in [6, 6.07) is 0. The molecule has 1 aliphatic rings. The summed E-state index contributed by atoms with van der Waals surface area (Å²) in [7, 11) is 0. The first-order chi connectivity index (χ1) is 6.59. The lowest BCUT2D eigenvalue weighted by atomic mass is 9.92. The third kappa shape index (κ3) is 1.96. The Hall–Kier alpha value is -0.480. The summed E-state index contributed by atoms with van der Waals surface area (Å²) in [6.07, 6.45) is 4.51. The number of rotatable bonds is 2. The van der Waals surface area contributed by atoms with Crippen molar-refractivity contribution >= 4 is 11.5 Å². The Morgan fingerprint density at radius 2 is 2.43 bits per heavy atom. The number of aryl methyl sites for hydroxylation is 1. The van der Waals surface area contributed by atoms with Gasteiger partial charge in [0.25, 0.3) is 0 Å². The van der Waals surface area contributed by atoms with Crippen LogP contribution in [0.1, 0.15) is 36.8 Å². The highest BCUT2D eigenvalue weighted by Crippen LogP contribution is 2.35. The zero-order chi connectivity index (χ0) is 10.2. The molecule has 0 aromatic carbocycles. The fraction of sp³-hybridized carbons (Fsp3) is 0.800. The highest BCUT2D eigenvalue weighted by atomic mass is 32.1. The zero-order valence-electron chi connectivity index (χ0n) is 8.79. The van der Waals surface area contributed by atoms with Gasteiger partial charge in [-0.25, -0.2) is 0 Å². The monoisotopic (exact) mass is 211 g/mol. The molecule has 1 heterocycles. The first kappa shape index (κ1) is 10.1. The summed E-state index contributed by atoms with van der Waals surface area (Å²) in [6.45, 7) is 4.30. The van der Waals surface area contributed by atoms with Gasteiger partial charge in [0.05, 0.1) is 10.6 Å². The van der Waals surface area contributed by atoms with Gasteiger partial charge >= 0.3 is 0 Å². The summed E-state index contributed by atoms with van der Waals surface area (Å²) in [5.41, 5.74) is 7.43. The molecule has 2 atom stereocenters. The average molecular weight is 211 g/mol. The van der Waals surface area contributed by atoms with Crippen LogP contribution in [-0.2, 0) is 6.42 Å². The van der Waals surface area contributed by atoms with E-state index in [1.807, 2.05) is 6.92 Å². The number of hydrogen-bond donors (Lipinski definition) is 1. The van der Waals surface area contributed by atoms with Crippen molar-refractivity contribution in [2.45, 2.75) is 45.1 Å². The highest BCUT2D eigenvalue weighted by molar-refractivity contribution is 7.05. The molecule has 78 valence electrons. The van der Waals surface area contributed by atoms with E-state index < -0.39 is 0 Å². The van der Waals surface area contributed by atoms with Crippen LogP contribution in [-0.4, -0.2) is 15.1 Å². The molecule has 0 radical (unpaired) electrons. The van der Waals surface area contributed by atoms with Gasteiger partial charge in [0, 0.05) is 12.0 Å². The summed E-state index contributed by atoms with van der Waals surface area (Å²) in [5.74, 6) is 0.779. The van der Waals surface area contributed by atoms with Gasteiger partial charge in [0.15, 0.2) is 0 Å². The largest absolute Gasteiger partial charge is 0.325 e. The second-order valence-corrected chi connectivity index (χ2v) is 5.51. The molecule has 1 fully saturated rings. The van der Waals surface area contributed by atoms with E-state index in [0.29, 0.717) is 0 Å². The zero-order valence-corrected chi connectivity index (χ0v) is 9.60. The lowest BCUT2D eigenvalue weighted by molar-refractivity contribution is 0.421. The Labute approximate surface area is 88.9 Å². The Balaban J connectivity index is 2.07. The molecular weight excluding hydrogens is 194 g/mol. The third-order valence-electron chi connectivity index (χ3n) is 3.15. The van der Waals surface area contributed by atoms with Crippen LogP contribution >= 0.6 is 11.5 Å². The minimum absolute atomic E-state index is 0.0123. The van der Waals surface area contributed by atoms with Crippen LogP contribution in [0.25, 0.3) is 0 Å². The maximum absolute atomic E-state index is 6.36. The van der Waals surface area contributed by atoms with E-state index in [1.165, 1.54) is 22.8 Å². The molecule has 1 aromatic rings. The Kier molecular flexibility index (Phi) is 2.58. The van der Waals surface area contributed by atoms with E-state index in [2.05, 4.69) is 16.5 Å². The van der Waals surface area contributed by atoms with Crippen molar-refractivity contribution in [2.24, 2.45) is 11.7 Å². The van der Waals surface area contributed by atoms with Crippen LogP contribution in [0.4, 0.5) is 0 Å². The summed E-state index contributed by atoms with van der Waals surface area (Å²) in [5, 5.41) is 4.02. The summed E-state index contributed by atoms with van der Waals surface area (Å²) < 4.78 is 3.95. The lowest BCUT2D eigenvalue weighted by Crippen LogP contribution is -2.39. The predicted molar refractivity (Wildman–Crippen MR) is 58.3 cm³/mol. The minimum Gasteiger partial charge on any atom is -0.325 e. The van der Waals surface area contributed by atoms with Crippen molar-refractivity contribution in [1.29, 1.82) is 0 Å². The molecular formula is C10H17N3S. The molecule has 3 nitrogen and oxygen atoms in total. The first-order valence-electron chi connectivity index (χ1n) is 5.16. The van der Waals surface area contributed by atoms with Crippen molar-refractivity contribution in [3.8, 4) is 0 Å². The van der Waals surface area contributed by atoms with Gasteiger partial charge in [0.2, 0.25) is 0 Å². The molecule has 0 spiro atoms. The van der Waals surface area contributed by atoms with Gasteiger partial charge in [-0.2, -0.15) is 0 Å². The van der Waals surface area contributed by atoms with Crippen molar-refractivity contribution in [3.05, 3.63) is 10.6 Å². The van der Waals surface area contributed by atoms with E-state index in [9.17, 15) is 0 Å². The maximum atomic E-state index is 6.36. The SMILES string of the molecule is Cc1nnsc1CC1(N)CCC(C)C1. The Morgan fingerprint density at radius 3 is 2.93 bits per heavy atom. The van der Waals surface area contributed by atoms with Crippen LogP contribution in [0, 0.1) is 12.8 Å². The van der Waals surface area contributed by atoms with Crippen molar-refractivity contribution in [3.63, 3.8) is 0 Å². The number of nitrogens with two attached hydrogens (primary N) is 1. The van der Waals surface area contributed by atoms with Gasteiger partial charge in [-0.15, -0.1) is 5.10 Å². The molecule has 4 heteroatoms. The van der Waals surface area contributed by atoms with E-state index >= 15 is 0 Å². The van der Waals surface area contributed by atoms with E-state index in [0.717, 1.165) is 30.9 Å². The quantitative estimate of drug-likeness (QED) is 0.813. The van der Waals surface area contributed by atoms with Crippen LogP contribution in [0.5, 0.6) is 0 Å². The highest BCUT2D eigenvalue weighted by Gasteiger charge is 2.34. The van der Waals surface area contributed by atoms with Gasteiger partial charge in [-0.3, -0.25) is 0 Å². The molecule has 1 aromatic heterocycles. The van der Waals surface area contributed by atoms with Crippen LogP contribution < -0.4 is 5.73 Å². The number of hydrogen-bond acceptors (Lipinski definition) is 4. The Bertz CT molecular complexity index is 323. The van der Waals surface area contributed by atoms with Crippen LogP contribution in [0.15, 0.2) is 0 Å².